The maximum atomic E-state index is 13.9. The van der Waals surface area contributed by atoms with Gasteiger partial charge in [0.2, 0.25) is 5.71 Å². The van der Waals surface area contributed by atoms with E-state index in [1.807, 2.05) is 19.1 Å². The van der Waals surface area contributed by atoms with Crippen molar-refractivity contribution in [2.24, 2.45) is 0 Å². The number of anilines is 2. The van der Waals surface area contributed by atoms with Crippen LogP contribution in [0.5, 0.6) is 0 Å². The quantitative estimate of drug-likeness (QED) is 0.293. The summed E-state index contributed by atoms with van der Waals surface area (Å²) in [5.41, 5.74) is 3.99. The van der Waals surface area contributed by atoms with Gasteiger partial charge in [-0.15, -0.1) is 26.7 Å². The van der Waals surface area contributed by atoms with Crippen molar-refractivity contribution in [3.63, 3.8) is 0 Å². The molecule has 3 aliphatic rings. The van der Waals surface area contributed by atoms with Crippen LogP contribution >= 0.6 is 22.7 Å². The number of rotatable bonds is 6. The highest BCUT2D eigenvalue weighted by Gasteiger charge is 2.36. The number of aryl methyl sites for hydroxylation is 1. The van der Waals surface area contributed by atoms with Gasteiger partial charge < -0.3 is 14.5 Å². The number of sulfonamides is 1. The van der Waals surface area contributed by atoms with Gasteiger partial charge in [0, 0.05) is 47.1 Å². The van der Waals surface area contributed by atoms with E-state index in [1.165, 1.54) is 38.1 Å². The fourth-order valence-corrected chi connectivity index (χ4v) is 9.13. The van der Waals surface area contributed by atoms with Crippen LogP contribution in [0.25, 0.3) is 12.2 Å². The molecule has 4 heterocycles. The summed E-state index contributed by atoms with van der Waals surface area (Å²) in [5.74, 6) is 0. The number of benzene rings is 1. The first-order chi connectivity index (χ1) is 19.9. The Labute approximate surface area is 251 Å². The Bertz CT molecular complexity index is 1510. The molecule has 0 amide bonds. The Kier molecular flexibility index (Phi) is 8.49. The molecule has 1 aromatic carbocycles. The molecule has 0 bridgehead atoms. The molecular formula is C32H38N3O3S3+. The highest BCUT2D eigenvalue weighted by molar-refractivity contribution is 7.85. The number of morpholine rings is 1. The maximum Gasteiger partial charge on any atom is 0.395 e. The van der Waals surface area contributed by atoms with E-state index in [9.17, 15) is 8.42 Å². The van der Waals surface area contributed by atoms with Gasteiger partial charge in [-0.05, 0) is 87.6 Å². The molecule has 2 saturated heterocycles. The smallest absolute Gasteiger partial charge is 0.378 e. The van der Waals surface area contributed by atoms with Crippen LogP contribution in [-0.2, 0) is 14.8 Å². The monoisotopic (exact) mass is 608 g/mol. The van der Waals surface area contributed by atoms with Crippen molar-refractivity contribution in [3.05, 3.63) is 75.0 Å². The Morgan fingerprint density at radius 3 is 1.85 bits per heavy atom. The lowest BCUT2D eigenvalue weighted by Crippen LogP contribution is -2.35. The van der Waals surface area contributed by atoms with Crippen molar-refractivity contribution >= 4 is 60.6 Å². The predicted molar refractivity (Wildman–Crippen MR) is 172 cm³/mol. The summed E-state index contributed by atoms with van der Waals surface area (Å²) in [4.78, 5) is 7.48. The zero-order valence-electron chi connectivity index (χ0n) is 23.8. The zero-order chi connectivity index (χ0) is 28.4. The number of thiophene rings is 2. The maximum absolute atomic E-state index is 13.9. The summed E-state index contributed by atoms with van der Waals surface area (Å²) >= 11 is 3.56. The minimum absolute atomic E-state index is 0.318. The van der Waals surface area contributed by atoms with Crippen LogP contribution in [0.3, 0.4) is 0 Å². The zero-order valence-corrected chi connectivity index (χ0v) is 26.3. The second-order valence-corrected chi connectivity index (χ2v) is 15.1. The average Bonchev–Trinajstić information content (AvgIpc) is 3.75. The molecule has 3 fully saturated rings. The van der Waals surface area contributed by atoms with Gasteiger partial charge in [0.25, 0.3) is 0 Å². The summed E-state index contributed by atoms with van der Waals surface area (Å²) in [6.45, 7) is 7.52. The Morgan fingerprint density at radius 1 is 0.756 bits per heavy atom. The van der Waals surface area contributed by atoms with E-state index in [0.717, 1.165) is 79.5 Å². The number of piperidine rings is 1. The minimum atomic E-state index is -3.72. The van der Waals surface area contributed by atoms with E-state index in [1.54, 1.807) is 41.9 Å². The lowest BCUT2D eigenvalue weighted by molar-refractivity contribution is -0.325. The van der Waals surface area contributed by atoms with E-state index >= 15 is 0 Å². The van der Waals surface area contributed by atoms with Crippen LogP contribution in [0.15, 0.2) is 64.6 Å². The molecular weight excluding hydrogens is 571 g/mol. The van der Waals surface area contributed by atoms with E-state index in [-0.39, 0.29) is 0 Å². The van der Waals surface area contributed by atoms with Gasteiger partial charge >= 0.3 is 10.0 Å². The third-order valence-electron chi connectivity index (χ3n) is 8.11. The molecule has 216 valence electrons. The van der Waals surface area contributed by atoms with Gasteiger partial charge in [0.15, 0.2) is 7.05 Å². The topological polar surface area (TPSA) is 52.9 Å². The van der Waals surface area contributed by atoms with Crippen molar-refractivity contribution in [1.82, 2.24) is 0 Å². The molecule has 1 aliphatic carbocycles. The molecule has 0 spiro atoms. The molecule has 0 unspecified atom stereocenters. The van der Waals surface area contributed by atoms with Gasteiger partial charge in [-0.25, -0.2) is 0 Å². The van der Waals surface area contributed by atoms with E-state index in [2.05, 4.69) is 46.2 Å². The van der Waals surface area contributed by atoms with Crippen molar-refractivity contribution in [3.8, 4) is 0 Å². The highest BCUT2D eigenvalue weighted by Crippen LogP contribution is 2.37. The number of allylic oxidation sites excluding steroid dienone is 2. The predicted octanol–water partition coefficient (Wildman–Crippen LogP) is 6.68. The Hall–Kier alpha value is -2.72. The molecule has 6 nitrogen and oxygen atoms in total. The molecule has 0 atom stereocenters. The largest absolute Gasteiger partial charge is 0.395 e. The first-order valence-corrected chi connectivity index (χ1v) is 17.6. The summed E-state index contributed by atoms with van der Waals surface area (Å²) in [5, 5.41) is 2.54. The summed E-state index contributed by atoms with van der Waals surface area (Å²) in [7, 11) is -2.02. The van der Waals surface area contributed by atoms with Crippen LogP contribution in [0.2, 0.25) is 0 Å². The van der Waals surface area contributed by atoms with Gasteiger partial charge in [0.1, 0.15) is 4.90 Å². The highest BCUT2D eigenvalue weighted by atomic mass is 32.2. The third-order valence-corrected chi connectivity index (χ3v) is 12.1. The first kappa shape index (κ1) is 28.4. The standard InChI is InChI=1S/C32H38N3O3S3/c1-24-6-12-29(13-7-24)41(36,37)33(2)32-25(22-27-10-14-30(39-27)34-16-4-3-5-17-34)8-9-26(32)23-28-11-15-31(40-28)35-18-20-38-21-19-35/h6-7,10-15,22-23H,3-5,8-9,16-21H2,1-2H3/q+1. The second-order valence-electron chi connectivity index (χ2n) is 11.0. The molecule has 6 rings (SSSR count). The van der Waals surface area contributed by atoms with E-state index in [4.69, 9.17) is 4.74 Å². The Morgan fingerprint density at radius 2 is 1.29 bits per heavy atom. The van der Waals surface area contributed by atoms with Crippen LogP contribution in [-0.4, -0.2) is 64.6 Å². The van der Waals surface area contributed by atoms with Gasteiger partial charge in [-0.1, -0.05) is 17.7 Å². The molecule has 3 aromatic rings. The summed E-state index contributed by atoms with van der Waals surface area (Å²) in [6, 6.07) is 15.9. The number of hydrogen-bond acceptors (Lipinski definition) is 7. The van der Waals surface area contributed by atoms with Crippen molar-refractivity contribution in [2.75, 3.05) is 56.2 Å². The van der Waals surface area contributed by atoms with Crippen molar-refractivity contribution in [2.45, 2.75) is 43.9 Å². The van der Waals surface area contributed by atoms with Crippen molar-refractivity contribution in [1.29, 1.82) is 0 Å². The van der Waals surface area contributed by atoms with Crippen LogP contribution < -0.4 is 9.80 Å². The number of nitrogens with zero attached hydrogens (tertiary/aromatic N) is 3. The van der Waals surface area contributed by atoms with E-state index < -0.39 is 10.0 Å². The number of hydrogen-bond donors (Lipinski definition) is 0. The minimum Gasteiger partial charge on any atom is -0.378 e. The fourth-order valence-electron chi connectivity index (χ4n) is 5.81. The Balaban J connectivity index is 1.38. The molecule has 1 saturated carbocycles. The summed E-state index contributed by atoms with van der Waals surface area (Å²) < 4.78 is 34.8. The fraction of sp³-hybridized carbons (Fsp3) is 0.406. The van der Waals surface area contributed by atoms with Gasteiger partial charge in [-0.3, -0.25) is 0 Å². The lowest BCUT2D eigenvalue weighted by Gasteiger charge is -2.27. The first-order valence-electron chi connectivity index (χ1n) is 14.5. The van der Waals surface area contributed by atoms with Crippen molar-refractivity contribution < 1.29 is 17.1 Å². The molecule has 41 heavy (non-hydrogen) atoms. The molecule has 0 N–H and O–H groups in total. The lowest BCUT2D eigenvalue weighted by atomic mass is 10.1. The molecule has 2 aliphatic heterocycles. The number of ether oxygens (including phenoxy) is 1. The van der Waals surface area contributed by atoms with Crippen LogP contribution in [0.4, 0.5) is 10.0 Å². The molecule has 0 radical (unpaired) electrons. The summed E-state index contributed by atoms with van der Waals surface area (Å²) in [6.07, 6.45) is 9.84. The average molecular weight is 609 g/mol. The molecule has 9 heteroatoms. The van der Waals surface area contributed by atoms with E-state index in [0.29, 0.717) is 4.90 Å². The normalized spacial score (nSPS) is 21.7. The van der Waals surface area contributed by atoms with Crippen LogP contribution in [0, 0.1) is 6.92 Å². The molecule has 2 aromatic heterocycles. The second kappa shape index (κ2) is 12.3. The van der Waals surface area contributed by atoms with Gasteiger partial charge in [0.05, 0.1) is 23.2 Å². The SMILES string of the molecule is Cc1ccc(S(=O)(=O)[N+](C)=C2C(=Cc3ccc(N4CCOCC4)s3)CC/C2=C\c2ccc(N3CCCCC3)s2)cc1. The third kappa shape index (κ3) is 6.23. The van der Waals surface area contributed by atoms with Gasteiger partial charge in [-0.2, -0.15) is 8.42 Å². The van der Waals surface area contributed by atoms with Crippen LogP contribution in [0.1, 0.15) is 47.4 Å².